The van der Waals surface area contributed by atoms with Crippen LogP contribution in [0.1, 0.15) is 16.8 Å². The van der Waals surface area contributed by atoms with E-state index in [0.29, 0.717) is 17.2 Å². The first-order valence-corrected chi connectivity index (χ1v) is 8.24. The van der Waals surface area contributed by atoms with Gasteiger partial charge in [0, 0.05) is 35.4 Å². The third-order valence-electron chi connectivity index (χ3n) is 4.30. The summed E-state index contributed by atoms with van der Waals surface area (Å²) < 4.78 is 7.85. The predicted octanol–water partition coefficient (Wildman–Crippen LogP) is 4.68. The van der Waals surface area contributed by atoms with E-state index in [2.05, 4.69) is 16.0 Å². The number of benzene rings is 1. The van der Waals surface area contributed by atoms with E-state index in [1.54, 1.807) is 6.20 Å². The van der Waals surface area contributed by atoms with E-state index in [4.69, 9.17) is 4.74 Å². The molecule has 0 atom stereocenters. The molecule has 0 aliphatic heterocycles. The van der Waals surface area contributed by atoms with Gasteiger partial charge in [-0.15, -0.1) is 0 Å². The smallest absolute Gasteiger partial charge is 0.237 e. The second-order valence-electron chi connectivity index (χ2n) is 6.06. The minimum atomic E-state index is 0.326. The van der Waals surface area contributed by atoms with Crippen molar-refractivity contribution in [2.45, 2.75) is 13.8 Å². The average molecular weight is 340 g/mol. The molecular formula is C21H16N4O. The number of aromatic nitrogens is 3. The van der Waals surface area contributed by atoms with Crippen molar-refractivity contribution in [2.75, 3.05) is 0 Å². The minimum Gasteiger partial charge on any atom is -0.437 e. The number of imidazole rings is 1. The van der Waals surface area contributed by atoms with Gasteiger partial charge in [0.05, 0.1) is 0 Å². The van der Waals surface area contributed by atoms with E-state index in [-0.39, 0.29) is 0 Å². The number of pyridine rings is 2. The van der Waals surface area contributed by atoms with Crippen LogP contribution in [-0.4, -0.2) is 14.4 Å². The molecule has 4 aromatic rings. The van der Waals surface area contributed by atoms with Gasteiger partial charge in [0.15, 0.2) is 0 Å². The summed E-state index contributed by atoms with van der Waals surface area (Å²) in [4.78, 5) is 8.81. The number of hydrogen-bond acceptors (Lipinski definition) is 4. The molecule has 0 saturated heterocycles. The molecular weight excluding hydrogens is 324 g/mol. The maximum Gasteiger partial charge on any atom is 0.237 e. The van der Waals surface area contributed by atoms with Crippen molar-refractivity contribution in [2.24, 2.45) is 0 Å². The summed E-state index contributed by atoms with van der Waals surface area (Å²) in [5, 5.41) is 9.58. The van der Waals surface area contributed by atoms with Crippen LogP contribution < -0.4 is 4.74 Å². The third-order valence-corrected chi connectivity index (χ3v) is 4.30. The number of nitrogens with zero attached hydrogens (tertiary/aromatic N) is 4. The second kappa shape index (κ2) is 6.34. The quantitative estimate of drug-likeness (QED) is 0.543. The van der Waals surface area contributed by atoms with Gasteiger partial charge in [-0.3, -0.25) is 0 Å². The zero-order valence-electron chi connectivity index (χ0n) is 14.5. The highest BCUT2D eigenvalue weighted by atomic mass is 16.5. The third kappa shape index (κ3) is 2.78. The molecule has 4 rings (SSSR count). The molecule has 3 heterocycles. The molecule has 0 saturated carbocycles. The average Bonchev–Trinajstić information content (AvgIpc) is 3.11. The first-order valence-electron chi connectivity index (χ1n) is 8.24. The van der Waals surface area contributed by atoms with Crippen molar-refractivity contribution in [3.8, 4) is 28.8 Å². The molecule has 0 bridgehead atoms. The van der Waals surface area contributed by atoms with E-state index in [0.717, 1.165) is 28.0 Å². The largest absolute Gasteiger partial charge is 0.437 e. The van der Waals surface area contributed by atoms with E-state index in [9.17, 15) is 5.26 Å². The molecule has 0 unspecified atom stereocenters. The topological polar surface area (TPSA) is 63.2 Å². The number of fused-ring (bicyclic) bond motifs is 1. The maximum absolute atomic E-state index is 9.58. The van der Waals surface area contributed by atoms with Crippen LogP contribution >= 0.6 is 0 Å². The Kier molecular flexibility index (Phi) is 3.86. The summed E-state index contributed by atoms with van der Waals surface area (Å²) in [6.07, 6.45) is 5.63. The zero-order valence-corrected chi connectivity index (χ0v) is 14.5. The van der Waals surface area contributed by atoms with Gasteiger partial charge in [-0.1, -0.05) is 18.2 Å². The van der Waals surface area contributed by atoms with Crippen LogP contribution in [0.5, 0.6) is 11.6 Å². The summed E-state index contributed by atoms with van der Waals surface area (Å²) >= 11 is 0. The van der Waals surface area contributed by atoms with Gasteiger partial charge in [-0.05, 0) is 43.7 Å². The first-order chi connectivity index (χ1) is 12.7. The van der Waals surface area contributed by atoms with Gasteiger partial charge in [-0.25, -0.2) is 9.97 Å². The number of nitriles is 1. The summed E-state index contributed by atoms with van der Waals surface area (Å²) in [7, 11) is 0. The number of hydrogen-bond donors (Lipinski definition) is 0. The maximum atomic E-state index is 9.58. The molecule has 0 fully saturated rings. The van der Waals surface area contributed by atoms with E-state index in [1.165, 1.54) is 0 Å². The Morgan fingerprint density at radius 1 is 1.12 bits per heavy atom. The normalized spacial score (nSPS) is 10.7. The number of rotatable bonds is 3. The molecule has 0 aliphatic carbocycles. The number of ether oxygens (including phenoxy) is 1. The van der Waals surface area contributed by atoms with Crippen molar-refractivity contribution >= 4 is 5.65 Å². The van der Waals surface area contributed by atoms with Crippen LogP contribution in [0.4, 0.5) is 0 Å². The number of para-hydroxylation sites is 1. The van der Waals surface area contributed by atoms with Gasteiger partial charge >= 0.3 is 0 Å². The first kappa shape index (κ1) is 15.9. The predicted molar refractivity (Wildman–Crippen MR) is 99.1 cm³/mol. The summed E-state index contributed by atoms with van der Waals surface area (Å²) in [6, 6.07) is 15.6. The Morgan fingerprint density at radius 3 is 2.77 bits per heavy atom. The Bertz CT molecular complexity index is 1150. The highest BCUT2D eigenvalue weighted by Crippen LogP contribution is 2.31. The highest BCUT2D eigenvalue weighted by molar-refractivity contribution is 5.69. The van der Waals surface area contributed by atoms with Crippen molar-refractivity contribution in [1.82, 2.24) is 14.4 Å². The molecule has 0 amide bonds. The lowest BCUT2D eigenvalue weighted by Crippen LogP contribution is -1.98. The van der Waals surface area contributed by atoms with E-state index >= 15 is 0 Å². The zero-order chi connectivity index (χ0) is 18.1. The van der Waals surface area contributed by atoms with Gasteiger partial charge in [-0.2, -0.15) is 5.26 Å². The van der Waals surface area contributed by atoms with Crippen molar-refractivity contribution in [1.29, 1.82) is 5.26 Å². The molecule has 0 radical (unpaired) electrons. The lowest BCUT2D eigenvalue weighted by Gasteiger charge is -2.12. The van der Waals surface area contributed by atoms with Crippen LogP contribution in [0, 0.1) is 25.2 Å². The lowest BCUT2D eigenvalue weighted by molar-refractivity contribution is 0.457. The summed E-state index contributed by atoms with van der Waals surface area (Å²) in [5.41, 5.74) is 4.94. The second-order valence-corrected chi connectivity index (χ2v) is 6.06. The molecule has 0 aliphatic rings. The van der Waals surface area contributed by atoms with Crippen LogP contribution in [0.2, 0.25) is 0 Å². The van der Waals surface area contributed by atoms with Gasteiger partial charge < -0.3 is 9.14 Å². The fraction of sp³-hybridized carbons (Fsp3) is 0.0952. The monoisotopic (exact) mass is 340 g/mol. The lowest BCUT2D eigenvalue weighted by atomic mass is 10.0. The molecule has 26 heavy (non-hydrogen) atoms. The SMILES string of the molecule is Cc1ccccc1Oc1nc(C)c(-c2ccc3nccn3c2)cc1C#N. The Labute approximate surface area is 151 Å². The Balaban J connectivity index is 1.78. The standard InChI is InChI=1S/C21H16N4O/c1-14-5-3-4-6-19(14)26-21-17(12-22)11-18(15(2)24-21)16-7-8-20-23-9-10-25(20)13-16/h3-11,13H,1-2H3. The van der Waals surface area contributed by atoms with Crippen LogP contribution in [0.25, 0.3) is 16.8 Å². The molecule has 0 N–H and O–H groups in total. The van der Waals surface area contributed by atoms with E-state index < -0.39 is 0 Å². The van der Waals surface area contributed by atoms with Crippen LogP contribution in [0.3, 0.4) is 0 Å². The van der Waals surface area contributed by atoms with Crippen LogP contribution in [0.15, 0.2) is 61.1 Å². The summed E-state index contributed by atoms with van der Waals surface area (Å²) in [5.74, 6) is 1.02. The van der Waals surface area contributed by atoms with Gasteiger partial charge in [0.2, 0.25) is 5.88 Å². The van der Waals surface area contributed by atoms with Gasteiger partial charge in [0.25, 0.3) is 0 Å². The Morgan fingerprint density at radius 2 is 1.96 bits per heavy atom. The molecule has 5 nitrogen and oxygen atoms in total. The molecule has 0 spiro atoms. The fourth-order valence-corrected chi connectivity index (χ4v) is 2.89. The summed E-state index contributed by atoms with van der Waals surface area (Å²) in [6.45, 7) is 3.88. The molecule has 5 heteroatoms. The van der Waals surface area contributed by atoms with Crippen molar-refractivity contribution in [3.05, 3.63) is 77.9 Å². The molecule has 3 aromatic heterocycles. The highest BCUT2D eigenvalue weighted by Gasteiger charge is 2.14. The Hall–Kier alpha value is -3.65. The number of aryl methyl sites for hydroxylation is 2. The molecule has 126 valence electrons. The van der Waals surface area contributed by atoms with Crippen LogP contribution in [-0.2, 0) is 0 Å². The van der Waals surface area contributed by atoms with Gasteiger partial charge in [0.1, 0.15) is 23.0 Å². The van der Waals surface area contributed by atoms with Crippen molar-refractivity contribution in [3.63, 3.8) is 0 Å². The molecule has 1 aromatic carbocycles. The van der Waals surface area contributed by atoms with Crippen molar-refractivity contribution < 1.29 is 4.74 Å². The van der Waals surface area contributed by atoms with E-state index in [1.807, 2.05) is 73.1 Å². The fourth-order valence-electron chi connectivity index (χ4n) is 2.89. The minimum absolute atomic E-state index is 0.326.